The molecule has 7 nitrogen and oxygen atoms in total. The zero-order chi connectivity index (χ0) is 19.3. The van der Waals surface area contributed by atoms with Crippen molar-refractivity contribution in [2.24, 2.45) is 0 Å². The van der Waals surface area contributed by atoms with Gasteiger partial charge in [0.2, 0.25) is 0 Å². The maximum absolute atomic E-state index is 12.4. The third-order valence-corrected chi connectivity index (χ3v) is 3.95. The second-order valence-corrected chi connectivity index (χ2v) is 6.02. The average Bonchev–Trinajstić information content (AvgIpc) is 2.59. The molecule has 140 valence electrons. The molecule has 0 bridgehead atoms. The molecule has 0 saturated carbocycles. The van der Waals surface area contributed by atoms with Crippen LogP contribution in [-0.4, -0.2) is 52.5 Å². The number of phenols is 1. The summed E-state index contributed by atoms with van der Waals surface area (Å²) in [6.45, 7) is 1.64. The minimum absolute atomic E-state index is 0.0242. The van der Waals surface area contributed by atoms with Crippen LogP contribution in [0.3, 0.4) is 0 Å². The Morgan fingerprint density at radius 1 is 1.12 bits per heavy atom. The van der Waals surface area contributed by atoms with E-state index < -0.39 is 30.1 Å². The lowest BCUT2D eigenvalue weighted by atomic mass is 10.0. The van der Waals surface area contributed by atoms with Crippen molar-refractivity contribution >= 4 is 17.8 Å². The van der Waals surface area contributed by atoms with E-state index in [4.69, 9.17) is 9.47 Å². The minimum atomic E-state index is -1.55. The second-order valence-electron chi connectivity index (χ2n) is 6.02. The highest BCUT2D eigenvalue weighted by Crippen LogP contribution is 2.30. The van der Waals surface area contributed by atoms with Crippen LogP contribution in [0.2, 0.25) is 0 Å². The molecule has 0 amide bonds. The van der Waals surface area contributed by atoms with Crippen LogP contribution in [0.4, 0.5) is 0 Å². The molecule has 1 aromatic carbocycles. The lowest BCUT2D eigenvalue weighted by Crippen LogP contribution is -2.32. The Kier molecular flexibility index (Phi) is 6.54. The van der Waals surface area contributed by atoms with Crippen LogP contribution in [0, 0.1) is 0 Å². The zero-order valence-corrected chi connectivity index (χ0v) is 14.6. The molecule has 26 heavy (non-hydrogen) atoms. The van der Waals surface area contributed by atoms with Gasteiger partial charge in [0.25, 0.3) is 0 Å². The number of ketones is 1. The molecule has 0 aromatic heterocycles. The van der Waals surface area contributed by atoms with Crippen molar-refractivity contribution in [3.8, 4) is 11.5 Å². The summed E-state index contributed by atoms with van der Waals surface area (Å²) in [6.07, 6.45) is 2.42. The zero-order valence-electron chi connectivity index (χ0n) is 14.6. The molecule has 0 spiro atoms. The molecule has 0 saturated heterocycles. The van der Waals surface area contributed by atoms with Crippen molar-refractivity contribution in [3.05, 3.63) is 41.5 Å². The van der Waals surface area contributed by atoms with Crippen molar-refractivity contribution in [1.82, 2.24) is 0 Å². The van der Waals surface area contributed by atoms with E-state index in [1.807, 2.05) is 0 Å². The van der Waals surface area contributed by atoms with Gasteiger partial charge in [0.05, 0.1) is 13.2 Å². The number of aromatic hydroxyl groups is 1. The van der Waals surface area contributed by atoms with Crippen LogP contribution in [0.25, 0.3) is 6.08 Å². The summed E-state index contributed by atoms with van der Waals surface area (Å²) >= 11 is 0. The highest BCUT2D eigenvalue weighted by molar-refractivity contribution is 5.97. The largest absolute Gasteiger partial charge is 0.507 e. The summed E-state index contributed by atoms with van der Waals surface area (Å²) in [4.78, 5) is 24.3. The van der Waals surface area contributed by atoms with E-state index in [0.29, 0.717) is 11.3 Å². The van der Waals surface area contributed by atoms with Gasteiger partial charge < -0.3 is 24.8 Å². The van der Waals surface area contributed by atoms with Gasteiger partial charge in [0, 0.05) is 12.5 Å². The number of carbonyl (C=O) groups is 2. The lowest BCUT2D eigenvalue weighted by molar-refractivity contribution is -0.127. The Morgan fingerprint density at radius 3 is 2.50 bits per heavy atom. The van der Waals surface area contributed by atoms with Gasteiger partial charge in [-0.1, -0.05) is 18.2 Å². The number of benzene rings is 1. The van der Waals surface area contributed by atoms with Gasteiger partial charge in [-0.15, -0.1) is 0 Å². The number of esters is 1. The molecule has 7 heteroatoms. The van der Waals surface area contributed by atoms with Crippen LogP contribution in [0.15, 0.2) is 30.4 Å². The fourth-order valence-corrected chi connectivity index (χ4v) is 2.51. The maximum atomic E-state index is 12.4. The molecule has 3 N–H and O–H groups in total. The lowest BCUT2D eigenvalue weighted by Gasteiger charge is -2.16. The number of hydrogen-bond donors (Lipinski definition) is 3. The number of aliphatic hydroxyl groups is 2. The van der Waals surface area contributed by atoms with Gasteiger partial charge in [-0.3, -0.25) is 4.79 Å². The summed E-state index contributed by atoms with van der Waals surface area (Å²) in [5, 5.41) is 30.0. The normalized spacial score (nSPS) is 27.0. The number of phenolic OH excluding ortho intramolecular Hbond substituents is 1. The predicted octanol–water partition coefficient (Wildman–Crippen LogP) is 1.60. The first kappa shape index (κ1) is 19.7. The molecule has 0 aliphatic carbocycles. The van der Waals surface area contributed by atoms with Crippen molar-refractivity contribution in [1.29, 1.82) is 0 Å². The minimum Gasteiger partial charge on any atom is -0.507 e. The van der Waals surface area contributed by atoms with Gasteiger partial charge in [0.1, 0.15) is 29.3 Å². The molecule has 3 atom stereocenters. The molecular formula is C19H22O7. The summed E-state index contributed by atoms with van der Waals surface area (Å²) in [7, 11) is 1.42. The Labute approximate surface area is 151 Å². The summed E-state index contributed by atoms with van der Waals surface area (Å²) in [5.74, 6) is -1.29. The SMILES string of the molecule is COc1cc(O)c2c(c1)/C=C/C[C@H](O)C(O)C(=O)/C=C/C[C@H](C)OC2=O. The Morgan fingerprint density at radius 2 is 1.81 bits per heavy atom. The molecule has 1 unspecified atom stereocenters. The molecule has 1 aliphatic heterocycles. The smallest absolute Gasteiger partial charge is 0.342 e. The van der Waals surface area contributed by atoms with Crippen LogP contribution < -0.4 is 4.74 Å². The predicted molar refractivity (Wildman–Crippen MR) is 94.0 cm³/mol. The van der Waals surface area contributed by atoms with E-state index in [1.165, 1.54) is 37.5 Å². The van der Waals surface area contributed by atoms with E-state index in [0.717, 1.165) is 6.08 Å². The topological polar surface area (TPSA) is 113 Å². The van der Waals surface area contributed by atoms with Crippen LogP contribution >= 0.6 is 0 Å². The van der Waals surface area contributed by atoms with E-state index in [-0.39, 0.29) is 24.2 Å². The van der Waals surface area contributed by atoms with Gasteiger partial charge in [-0.05, 0) is 31.1 Å². The first-order valence-corrected chi connectivity index (χ1v) is 8.18. The number of aliphatic hydroxyl groups excluding tert-OH is 2. The first-order valence-electron chi connectivity index (χ1n) is 8.18. The number of hydrogen-bond acceptors (Lipinski definition) is 7. The highest BCUT2D eigenvalue weighted by atomic mass is 16.5. The van der Waals surface area contributed by atoms with Crippen molar-refractivity contribution < 1.29 is 34.4 Å². The van der Waals surface area contributed by atoms with E-state index in [2.05, 4.69) is 0 Å². The van der Waals surface area contributed by atoms with Crippen LogP contribution in [0.5, 0.6) is 11.5 Å². The third-order valence-electron chi connectivity index (χ3n) is 3.95. The maximum Gasteiger partial charge on any atom is 0.342 e. The van der Waals surface area contributed by atoms with Gasteiger partial charge >= 0.3 is 5.97 Å². The highest BCUT2D eigenvalue weighted by Gasteiger charge is 2.23. The van der Waals surface area contributed by atoms with Gasteiger partial charge in [-0.25, -0.2) is 4.79 Å². The fourth-order valence-electron chi connectivity index (χ4n) is 2.51. The van der Waals surface area contributed by atoms with Crippen molar-refractivity contribution in [2.45, 2.75) is 38.1 Å². The number of fused-ring (bicyclic) bond motifs is 1. The summed E-state index contributed by atoms with van der Waals surface area (Å²) in [6, 6.07) is 2.84. The van der Waals surface area contributed by atoms with Crippen molar-refractivity contribution in [3.63, 3.8) is 0 Å². The monoisotopic (exact) mass is 362 g/mol. The number of cyclic esters (lactones) is 1. The molecule has 1 aliphatic rings. The summed E-state index contributed by atoms with van der Waals surface area (Å²) < 4.78 is 10.4. The molecule has 2 rings (SSSR count). The van der Waals surface area contributed by atoms with E-state index in [1.54, 1.807) is 6.92 Å². The molecule has 0 radical (unpaired) electrons. The molecule has 0 fully saturated rings. The van der Waals surface area contributed by atoms with Crippen LogP contribution in [0.1, 0.15) is 35.7 Å². The third kappa shape index (κ3) is 4.71. The number of rotatable bonds is 1. The summed E-state index contributed by atoms with van der Waals surface area (Å²) in [5.41, 5.74) is 0.306. The second kappa shape index (κ2) is 8.64. The van der Waals surface area contributed by atoms with Crippen LogP contribution in [-0.2, 0) is 9.53 Å². The fraction of sp³-hybridized carbons (Fsp3) is 0.368. The number of carbonyl (C=O) groups excluding carboxylic acids is 2. The molecule has 1 heterocycles. The number of methoxy groups -OCH3 is 1. The Hall–Kier alpha value is -2.64. The van der Waals surface area contributed by atoms with Gasteiger partial charge in [0.15, 0.2) is 5.78 Å². The quantitative estimate of drug-likeness (QED) is 0.650. The number of ether oxygens (including phenoxy) is 2. The average molecular weight is 362 g/mol. The first-order chi connectivity index (χ1) is 12.3. The van der Waals surface area contributed by atoms with E-state index in [9.17, 15) is 24.9 Å². The van der Waals surface area contributed by atoms with E-state index >= 15 is 0 Å². The standard InChI is InChI=1S/C19H22O7/c1-11-5-3-7-14(20)18(23)15(21)8-4-6-12-9-13(25-2)10-16(22)17(12)19(24)26-11/h3-4,6-7,9-11,15,18,21-23H,5,8H2,1-2H3/b6-4+,7-3+/t11-,15-,18?/m0/s1. The molecular weight excluding hydrogens is 340 g/mol. The Balaban J connectivity index is 2.45. The molecule has 1 aromatic rings. The van der Waals surface area contributed by atoms with Crippen molar-refractivity contribution in [2.75, 3.05) is 7.11 Å². The van der Waals surface area contributed by atoms with Gasteiger partial charge in [-0.2, -0.15) is 0 Å². The Bertz CT molecular complexity index is 736.